The molecule has 0 spiro atoms. The Morgan fingerprint density at radius 1 is 1.13 bits per heavy atom. The van der Waals surface area contributed by atoms with E-state index in [0.29, 0.717) is 25.2 Å². The summed E-state index contributed by atoms with van der Waals surface area (Å²) in [7, 11) is 0. The maximum Gasteiger partial charge on any atom is 0.248 e. The average Bonchev–Trinajstić information content (AvgIpc) is 3.20. The molecule has 7 heteroatoms. The predicted molar refractivity (Wildman–Crippen MR) is 117 cm³/mol. The van der Waals surface area contributed by atoms with Gasteiger partial charge < -0.3 is 19.6 Å². The SMILES string of the molecule is O=C(CO)N1CCc2nc(-c3ccc(O[C@H]4C[C@H](N5CCCCC5)C4)cc3)sc2C1. The van der Waals surface area contributed by atoms with Gasteiger partial charge in [-0.3, -0.25) is 4.79 Å². The number of carbonyl (C=O) groups excluding carboxylic acids is 1. The number of hydrogen-bond donors (Lipinski definition) is 1. The summed E-state index contributed by atoms with van der Waals surface area (Å²) in [6.07, 6.45) is 7.45. The highest BCUT2D eigenvalue weighted by molar-refractivity contribution is 7.15. The van der Waals surface area contributed by atoms with Gasteiger partial charge in [-0.15, -0.1) is 11.3 Å². The monoisotopic (exact) mass is 427 g/mol. The van der Waals surface area contributed by atoms with Crippen LogP contribution in [0.4, 0.5) is 0 Å². The third kappa shape index (κ3) is 4.11. The van der Waals surface area contributed by atoms with Gasteiger partial charge in [-0.25, -0.2) is 4.98 Å². The molecule has 1 aromatic carbocycles. The van der Waals surface area contributed by atoms with Crippen molar-refractivity contribution >= 4 is 17.2 Å². The number of amides is 1. The van der Waals surface area contributed by atoms with E-state index < -0.39 is 6.61 Å². The lowest BCUT2D eigenvalue weighted by molar-refractivity contribution is -0.135. The number of hydrogen-bond acceptors (Lipinski definition) is 6. The van der Waals surface area contributed by atoms with E-state index in [4.69, 9.17) is 14.8 Å². The van der Waals surface area contributed by atoms with Crippen LogP contribution in [0.25, 0.3) is 10.6 Å². The van der Waals surface area contributed by atoms with Crippen molar-refractivity contribution in [1.82, 2.24) is 14.8 Å². The fourth-order valence-electron chi connectivity index (χ4n) is 4.72. The number of aromatic nitrogens is 1. The van der Waals surface area contributed by atoms with Gasteiger partial charge in [0.1, 0.15) is 23.5 Å². The normalized spacial score (nSPS) is 24.2. The molecule has 1 N–H and O–H groups in total. The highest BCUT2D eigenvalue weighted by atomic mass is 32.1. The van der Waals surface area contributed by atoms with E-state index >= 15 is 0 Å². The number of aliphatic hydroxyl groups excluding tert-OH is 1. The molecule has 1 saturated carbocycles. The zero-order valence-corrected chi connectivity index (χ0v) is 18.1. The number of carbonyl (C=O) groups is 1. The number of aliphatic hydroxyl groups is 1. The second-order valence-electron chi connectivity index (χ2n) is 8.60. The van der Waals surface area contributed by atoms with Crippen molar-refractivity contribution in [2.75, 3.05) is 26.2 Å². The fraction of sp³-hybridized carbons (Fsp3) is 0.565. The van der Waals surface area contributed by atoms with E-state index in [0.717, 1.165) is 46.2 Å². The first-order valence-electron chi connectivity index (χ1n) is 11.1. The van der Waals surface area contributed by atoms with Crippen molar-refractivity contribution in [3.05, 3.63) is 34.8 Å². The van der Waals surface area contributed by atoms with Crippen LogP contribution >= 0.6 is 11.3 Å². The molecule has 160 valence electrons. The molecule has 2 aromatic rings. The van der Waals surface area contributed by atoms with E-state index in [1.165, 1.54) is 32.4 Å². The minimum atomic E-state index is -0.428. The first kappa shape index (κ1) is 20.0. The molecule has 0 bridgehead atoms. The molecule has 3 heterocycles. The third-order valence-corrected chi connectivity index (χ3v) is 7.73. The molecule has 30 heavy (non-hydrogen) atoms. The second-order valence-corrected chi connectivity index (χ2v) is 9.68. The smallest absolute Gasteiger partial charge is 0.248 e. The van der Waals surface area contributed by atoms with Crippen LogP contribution in [0.15, 0.2) is 24.3 Å². The zero-order chi connectivity index (χ0) is 20.5. The quantitative estimate of drug-likeness (QED) is 0.794. The van der Waals surface area contributed by atoms with E-state index in [-0.39, 0.29) is 5.91 Å². The molecule has 3 aliphatic rings. The molecule has 2 fully saturated rings. The molecular weight excluding hydrogens is 398 g/mol. The molecule has 1 amide bonds. The molecule has 0 unspecified atom stereocenters. The summed E-state index contributed by atoms with van der Waals surface area (Å²) in [6.45, 7) is 3.27. The van der Waals surface area contributed by atoms with Gasteiger partial charge in [0.2, 0.25) is 5.91 Å². The van der Waals surface area contributed by atoms with Crippen LogP contribution in [-0.2, 0) is 17.8 Å². The van der Waals surface area contributed by atoms with E-state index in [1.54, 1.807) is 16.2 Å². The van der Waals surface area contributed by atoms with Gasteiger partial charge in [-0.05, 0) is 50.2 Å². The van der Waals surface area contributed by atoms with Crippen molar-refractivity contribution < 1.29 is 14.6 Å². The van der Waals surface area contributed by atoms with Crippen LogP contribution in [0.3, 0.4) is 0 Å². The summed E-state index contributed by atoms with van der Waals surface area (Å²) in [4.78, 5) is 22.0. The Balaban J connectivity index is 1.17. The Morgan fingerprint density at radius 2 is 1.90 bits per heavy atom. The molecule has 1 aromatic heterocycles. The standard InChI is InChI=1S/C23H29N3O3S/c27-15-22(28)26-11-8-20-21(14-26)30-23(24-20)16-4-6-18(7-5-16)29-19-12-17(13-19)25-9-2-1-3-10-25/h4-7,17,19,27H,1-3,8-15H2/t17-,19-. The van der Waals surface area contributed by atoms with Gasteiger partial charge in [-0.2, -0.15) is 0 Å². The zero-order valence-electron chi connectivity index (χ0n) is 17.3. The Morgan fingerprint density at radius 3 is 2.63 bits per heavy atom. The van der Waals surface area contributed by atoms with E-state index in [2.05, 4.69) is 17.0 Å². The van der Waals surface area contributed by atoms with Gasteiger partial charge in [0.05, 0.1) is 12.2 Å². The van der Waals surface area contributed by atoms with Gasteiger partial charge >= 0.3 is 0 Å². The maximum atomic E-state index is 11.8. The number of likely N-dealkylation sites (tertiary alicyclic amines) is 1. The van der Waals surface area contributed by atoms with Gasteiger partial charge in [-0.1, -0.05) is 6.42 Å². The van der Waals surface area contributed by atoms with Crippen LogP contribution in [0.1, 0.15) is 42.7 Å². The van der Waals surface area contributed by atoms with Crippen LogP contribution < -0.4 is 4.74 Å². The minimum Gasteiger partial charge on any atom is -0.490 e. The Labute approximate surface area is 181 Å². The largest absolute Gasteiger partial charge is 0.490 e. The van der Waals surface area contributed by atoms with Crippen molar-refractivity contribution in [3.8, 4) is 16.3 Å². The summed E-state index contributed by atoms with van der Waals surface area (Å²) in [5, 5.41) is 10.1. The second kappa shape index (κ2) is 8.65. The Bertz CT molecular complexity index is 886. The van der Waals surface area contributed by atoms with Crippen molar-refractivity contribution in [1.29, 1.82) is 0 Å². The van der Waals surface area contributed by atoms with Crippen molar-refractivity contribution in [2.45, 2.75) is 57.2 Å². The Kier molecular flexibility index (Phi) is 5.76. The first-order valence-corrected chi connectivity index (χ1v) is 11.9. The summed E-state index contributed by atoms with van der Waals surface area (Å²) >= 11 is 1.64. The lowest BCUT2D eigenvalue weighted by Gasteiger charge is -2.44. The Hall–Kier alpha value is -1.96. The van der Waals surface area contributed by atoms with Gasteiger partial charge in [0, 0.05) is 42.3 Å². The first-order chi connectivity index (χ1) is 14.7. The molecule has 1 saturated heterocycles. The summed E-state index contributed by atoms with van der Waals surface area (Å²) in [5.41, 5.74) is 2.16. The maximum absolute atomic E-state index is 11.8. The highest BCUT2D eigenvalue weighted by Crippen LogP contribution is 2.34. The van der Waals surface area contributed by atoms with Crippen molar-refractivity contribution in [2.24, 2.45) is 0 Å². The van der Waals surface area contributed by atoms with Crippen LogP contribution in [0.5, 0.6) is 5.75 Å². The van der Waals surface area contributed by atoms with Crippen LogP contribution in [0.2, 0.25) is 0 Å². The molecule has 0 atom stereocenters. The number of ether oxygens (including phenoxy) is 1. The van der Waals surface area contributed by atoms with Gasteiger partial charge in [0.15, 0.2) is 0 Å². The molecule has 2 aliphatic heterocycles. The number of nitrogens with zero attached hydrogens (tertiary/aromatic N) is 3. The lowest BCUT2D eigenvalue weighted by Crippen LogP contribution is -2.50. The topological polar surface area (TPSA) is 65.9 Å². The number of piperidine rings is 1. The van der Waals surface area contributed by atoms with Crippen LogP contribution in [-0.4, -0.2) is 64.2 Å². The molecular formula is C23H29N3O3S. The number of benzene rings is 1. The fourth-order valence-corrected chi connectivity index (χ4v) is 5.85. The van der Waals surface area contributed by atoms with Crippen molar-refractivity contribution in [3.63, 3.8) is 0 Å². The van der Waals surface area contributed by atoms with E-state index in [9.17, 15) is 4.79 Å². The number of rotatable bonds is 5. The number of thiazole rings is 1. The number of fused-ring (bicyclic) bond motifs is 1. The summed E-state index contributed by atoms with van der Waals surface area (Å²) < 4.78 is 6.18. The predicted octanol–water partition coefficient (Wildman–Crippen LogP) is 3.08. The van der Waals surface area contributed by atoms with Gasteiger partial charge in [0.25, 0.3) is 0 Å². The summed E-state index contributed by atoms with van der Waals surface area (Å²) in [6, 6.07) is 8.97. The minimum absolute atomic E-state index is 0.212. The molecule has 0 radical (unpaired) electrons. The lowest BCUT2D eigenvalue weighted by atomic mass is 9.86. The molecule has 5 rings (SSSR count). The highest BCUT2D eigenvalue weighted by Gasteiger charge is 2.35. The molecule has 6 nitrogen and oxygen atoms in total. The van der Waals surface area contributed by atoms with Crippen LogP contribution in [0, 0.1) is 0 Å². The summed E-state index contributed by atoms with van der Waals surface area (Å²) in [5.74, 6) is 0.720. The van der Waals surface area contributed by atoms with E-state index in [1.807, 2.05) is 12.1 Å². The molecule has 1 aliphatic carbocycles. The third-order valence-electron chi connectivity index (χ3n) is 6.60. The average molecular weight is 428 g/mol.